The molecule has 0 N–H and O–H groups in total. The lowest BCUT2D eigenvalue weighted by atomic mass is 10.2. The van der Waals surface area contributed by atoms with Crippen LogP contribution in [-0.2, 0) is 0 Å². The van der Waals surface area contributed by atoms with Crippen LogP contribution >= 0.6 is 11.6 Å². The van der Waals surface area contributed by atoms with Gasteiger partial charge in [0, 0.05) is 0 Å². The average Bonchev–Trinajstić information content (AvgIpc) is 2.15. The molecule has 1 rings (SSSR count). The first-order chi connectivity index (χ1) is 6.29. The highest BCUT2D eigenvalue weighted by atomic mass is 35.5. The van der Waals surface area contributed by atoms with E-state index in [-0.39, 0.29) is 12.2 Å². The molecule has 64 valence electrons. The summed E-state index contributed by atoms with van der Waals surface area (Å²) in [6, 6.07) is 8.58. The lowest BCUT2D eigenvalue weighted by Gasteiger charge is -2.03. The maximum absolute atomic E-state index is 8.70. The first-order valence-corrected chi connectivity index (χ1v) is 3.85. The molecule has 0 spiro atoms. The molecule has 1 aromatic rings. The van der Waals surface area contributed by atoms with Gasteiger partial charge in [-0.25, -0.2) is 0 Å². The van der Waals surface area contributed by atoms with Crippen molar-refractivity contribution in [1.29, 1.82) is 10.5 Å². The van der Waals surface area contributed by atoms with Crippen LogP contribution in [0.3, 0.4) is 0 Å². The topological polar surface area (TPSA) is 56.8 Å². The van der Waals surface area contributed by atoms with Crippen molar-refractivity contribution in [2.75, 3.05) is 6.61 Å². The highest BCUT2D eigenvalue weighted by Gasteiger charge is 2.06. The second-order valence-electron chi connectivity index (χ2n) is 2.17. The average molecular weight is 193 g/mol. The van der Waals surface area contributed by atoms with Gasteiger partial charge in [-0.15, -0.1) is 0 Å². The molecule has 0 fully saturated rings. The first kappa shape index (κ1) is 9.38. The van der Waals surface area contributed by atoms with Gasteiger partial charge in [0.2, 0.25) is 0 Å². The summed E-state index contributed by atoms with van der Waals surface area (Å²) in [7, 11) is 0. The Balaban J connectivity index is 3.02. The van der Waals surface area contributed by atoms with Crippen molar-refractivity contribution < 1.29 is 4.74 Å². The van der Waals surface area contributed by atoms with Gasteiger partial charge in [0.05, 0.1) is 5.02 Å². The van der Waals surface area contributed by atoms with E-state index >= 15 is 0 Å². The fraction of sp³-hybridized carbons (Fsp3) is 0.111. The Hall–Kier alpha value is -1.71. The van der Waals surface area contributed by atoms with Gasteiger partial charge in [-0.1, -0.05) is 17.7 Å². The van der Waals surface area contributed by atoms with Crippen molar-refractivity contribution in [3.8, 4) is 17.9 Å². The SMILES string of the molecule is N#CCOc1cccc(Cl)c1C#N. The highest BCUT2D eigenvalue weighted by molar-refractivity contribution is 6.31. The van der Waals surface area contributed by atoms with Gasteiger partial charge in [0.15, 0.2) is 6.61 Å². The summed E-state index contributed by atoms with van der Waals surface area (Å²) in [5.74, 6) is 0.344. The Morgan fingerprint density at radius 1 is 1.38 bits per heavy atom. The Morgan fingerprint density at radius 2 is 2.15 bits per heavy atom. The quantitative estimate of drug-likeness (QED) is 0.721. The summed E-state index contributed by atoms with van der Waals surface area (Å²) in [6.45, 7) is -0.0883. The molecule has 0 amide bonds. The molecule has 13 heavy (non-hydrogen) atoms. The van der Waals surface area contributed by atoms with Crippen LogP contribution in [0.1, 0.15) is 5.56 Å². The van der Waals surface area contributed by atoms with Crippen LogP contribution in [-0.4, -0.2) is 6.61 Å². The summed E-state index contributed by atoms with van der Waals surface area (Å²) in [4.78, 5) is 0. The van der Waals surface area contributed by atoms with E-state index in [0.717, 1.165) is 0 Å². The molecule has 4 heteroatoms. The molecule has 0 bridgehead atoms. The third-order valence-corrected chi connectivity index (χ3v) is 1.69. The summed E-state index contributed by atoms with van der Waals surface area (Å²) in [5, 5.41) is 17.3. The number of rotatable bonds is 2. The number of hydrogen-bond acceptors (Lipinski definition) is 3. The number of benzene rings is 1. The lowest BCUT2D eigenvalue weighted by Crippen LogP contribution is -1.95. The number of halogens is 1. The monoisotopic (exact) mass is 192 g/mol. The molecule has 0 unspecified atom stereocenters. The van der Waals surface area contributed by atoms with Crippen LogP contribution in [0.5, 0.6) is 5.75 Å². The van der Waals surface area contributed by atoms with Gasteiger partial charge in [0.25, 0.3) is 0 Å². The van der Waals surface area contributed by atoms with Crippen LogP contribution in [0.15, 0.2) is 18.2 Å². The van der Waals surface area contributed by atoms with Crippen LogP contribution in [0, 0.1) is 22.7 Å². The first-order valence-electron chi connectivity index (χ1n) is 3.48. The molecular weight excluding hydrogens is 188 g/mol. The standard InChI is InChI=1S/C9H5ClN2O/c10-8-2-1-3-9(7(8)6-12)13-5-4-11/h1-3H,5H2. The van der Waals surface area contributed by atoms with E-state index in [1.807, 2.05) is 12.1 Å². The molecule has 0 aromatic heterocycles. The van der Waals surface area contributed by atoms with Crippen molar-refractivity contribution >= 4 is 11.6 Å². The minimum absolute atomic E-state index is 0.0883. The summed E-state index contributed by atoms with van der Waals surface area (Å²) in [6.07, 6.45) is 0. The van der Waals surface area contributed by atoms with Crippen LogP contribution in [0.25, 0.3) is 0 Å². The summed E-state index contributed by atoms with van der Waals surface area (Å²) < 4.78 is 4.99. The number of hydrogen-bond donors (Lipinski definition) is 0. The fourth-order valence-corrected chi connectivity index (χ4v) is 1.05. The molecule has 0 atom stereocenters. The van der Waals surface area contributed by atoms with Crippen LogP contribution < -0.4 is 4.74 Å². The van der Waals surface area contributed by atoms with E-state index < -0.39 is 0 Å². The van der Waals surface area contributed by atoms with Crippen molar-refractivity contribution in [3.05, 3.63) is 28.8 Å². The second-order valence-corrected chi connectivity index (χ2v) is 2.58. The molecule has 0 aliphatic rings. The van der Waals surface area contributed by atoms with Crippen molar-refractivity contribution in [1.82, 2.24) is 0 Å². The zero-order valence-electron chi connectivity index (χ0n) is 6.62. The minimum Gasteiger partial charge on any atom is -0.477 e. The van der Waals surface area contributed by atoms with Gasteiger partial charge >= 0.3 is 0 Å². The molecule has 0 aliphatic heterocycles. The smallest absolute Gasteiger partial charge is 0.174 e. The number of nitriles is 2. The van der Waals surface area contributed by atoms with Crippen LogP contribution in [0.4, 0.5) is 0 Å². The van der Waals surface area contributed by atoms with Gasteiger partial charge in [-0.05, 0) is 12.1 Å². The Kier molecular flexibility index (Phi) is 3.14. The van der Waals surface area contributed by atoms with Crippen LogP contribution in [0.2, 0.25) is 5.02 Å². The molecule has 3 nitrogen and oxygen atoms in total. The summed E-state index contributed by atoms with van der Waals surface area (Å²) in [5.41, 5.74) is 0.263. The molecular formula is C9H5ClN2O. The normalized spacial score (nSPS) is 8.54. The predicted molar refractivity (Wildman–Crippen MR) is 47.3 cm³/mol. The van der Waals surface area contributed by atoms with E-state index in [2.05, 4.69) is 0 Å². The fourth-order valence-electron chi connectivity index (χ4n) is 0.843. The molecule has 1 aromatic carbocycles. The van der Waals surface area contributed by atoms with Gasteiger partial charge in [-0.2, -0.15) is 10.5 Å². The predicted octanol–water partition coefficient (Wildman–Crippen LogP) is 2.11. The van der Waals surface area contributed by atoms with Crippen molar-refractivity contribution in [3.63, 3.8) is 0 Å². The number of nitrogens with zero attached hydrogens (tertiary/aromatic N) is 2. The van der Waals surface area contributed by atoms with E-state index in [1.54, 1.807) is 18.2 Å². The Labute approximate surface area is 80.7 Å². The summed E-state index contributed by atoms with van der Waals surface area (Å²) >= 11 is 5.72. The third-order valence-electron chi connectivity index (χ3n) is 1.38. The van der Waals surface area contributed by atoms with Crippen molar-refractivity contribution in [2.45, 2.75) is 0 Å². The van der Waals surface area contributed by atoms with E-state index in [0.29, 0.717) is 10.8 Å². The molecule has 0 aliphatic carbocycles. The largest absolute Gasteiger partial charge is 0.477 e. The molecule has 0 heterocycles. The zero-order chi connectivity index (χ0) is 9.68. The Bertz CT molecular complexity index is 390. The maximum atomic E-state index is 8.70. The minimum atomic E-state index is -0.0883. The van der Waals surface area contributed by atoms with E-state index in [9.17, 15) is 0 Å². The lowest BCUT2D eigenvalue weighted by molar-refractivity contribution is 0.367. The number of ether oxygens (including phenoxy) is 1. The van der Waals surface area contributed by atoms with Crippen molar-refractivity contribution in [2.24, 2.45) is 0 Å². The maximum Gasteiger partial charge on any atom is 0.174 e. The zero-order valence-corrected chi connectivity index (χ0v) is 7.38. The highest BCUT2D eigenvalue weighted by Crippen LogP contribution is 2.24. The molecule has 0 saturated carbocycles. The second kappa shape index (κ2) is 4.35. The van der Waals surface area contributed by atoms with E-state index in [4.69, 9.17) is 26.9 Å². The van der Waals surface area contributed by atoms with Gasteiger partial charge in [0.1, 0.15) is 23.5 Å². The third kappa shape index (κ3) is 2.11. The van der Waals surface area contributed by atoms with E-state index in [1.165, 1.54) is 0 Å². The van der Waals surface area contributed by atoms with Gasteiger partial charge < -0.3 is 4.74 Å². The molecule has 0 radical (unpaired) electrons. The molecule has 0 saturated heterocycles. The van der Waals surface area contributed by atoms with Gasteiger partial charge in [-0.3, -0.25) is 0 Å². The Morgan fingerprint density at radius 3 is 2.77 bits per heavy atom.